The van der Waals surface area contributed by atoms with Gasteiger partial charge in [-0.3, -0.25) is 0 Å². The molecule has 2 N–H and O–H groups in total. The quantitative estimate of drug-likeness (QED) is 0.670. The fourth-order valence-electron chi connectivity index (χ4n) is 2.13. The number of nitrogen functional groups attached to an aromatic ring is 1. The summed E-state index contributed by atoms with van der Waals surface area (Å²) >= 11 is 0. The molecule has 0 bridgehead atoms. The number of aryl methyl sites for hydroxylation is 1. The fourth-order valence-corrected chi connectivity index (χ4v) is 2.13. The van der Waals surface area contributed by atoms with Crippen molar-refractivity contribution in [2.24, 2.45) is 0 Å². The van der Waals surface area contributed by atoms with Gasteiger partial charge in [-0.25, -0.2) is 14.3 Å². The molecule has 24 heavy (non-hydrogen) atoms. The highest BCUT2D eigenvalue weighted by atomic mass is 16.5. The topological polar surface area (TPSA) is 124 Å². The van der Waals surface area contributed by atoms with E-state index in [1.807, 2.05) is 0 Å². The average molecular weight is 328 g/mol. The molecule has 3 aromatic rings. The van der Waals surface area contributed by atoms with Crippen molar-refractivity contribution in [2.45, 2.75) is 13.5 Å². The van der Waals surface area contributed by atoms with Crippen LogP contribution in [-0.4, -0.2) is 49.6 Å². The molecule has 0 atom stereocenters. The van der Waals surface area contributed by atoms with E-state index in [9.17, 15) is 4.79 Å². The van der Waals surface area contributed by atoms with Gasteiger partial charge in [0, 0.05) is 26.5 Å². The van der Waals surface area contributed by atoms with Gasteiger partial charge in [-0.1, -0.05) is 0 Å². The maximum absolute atomic E-state index is 12.4. The van der Waals surface area contributed by atoms with Gasteiger partial charge < -0.3 is 15.4 Å². The second kappa shape index (κ2) is 6.07. The molecular weight excluding hydrogens is 312 g/mol. The highest BCUT2D eigenvalue weighted by molar-refractivity contribution is 5.97. The van der Waals surface area contributed by atoms with Crippen LogP contribution in [0, 0.1) is 6.92 Å². The molecule has 0 fully saturated rings. The Balaban J connectivity index is 1.82. The van der Waals surface area contributed by atoms with E-state index >= 15 is 0 Å². The monoisotopic (exact) mass is 328 g/mol. The van der Waals surface area contributed by atoms with Crippen LogP contribution in [0.25, 0.3) is 5.65 Å². The zero-order chi connectivity index (χ0) is 17.3. The summed E-state index contributed by atoms with van der Waals surface area (Å²) in [5, 5.41) is 4.23. The predicted molar refractivity (Wildman–Crippen MR) is 85.4 cm³/mol. The number of aromatic nitrogens is 6. The summed E-state index contributed by atoms with van der Waals surface area (Å²) in [6, 6.07) is 1.73. The Hall–Kier alpha value is -3.30. The highest BCUT2D eigenvalue weighted by Gasteiger charge is 2.20. The molecule has 3 rings (SSSR count). The lowest BCUT2D eigenvalue weighted by atomic mass is 10.2. The van der Waals surface area contributed by atoms with Gasteiger partial charge in [-0.2, -0.15) is 20.1 Å². The largest absolute Gasteiger partial charge is 0.454 e. The average Bonchev–Trinajstić information content (AvgIpc) is 2.88. The third-order valence-electron chi connectivity index (χ3n) is 3.19. The minimum absolute atomic E-state index is 0.0635. The van der Waals surface area contributed by atoms with Crippen LogP contribution in [0.5, 0.6) is 0 Å². The van der Waals surface area contributed by atoms with Gasteiger partial charge in [0.05, 0.1) is 5.69 Å². The molecule has 0 aromatic carbocycles. The molecule has 0 spiro atoms. The molecular formula is C14H16N8O2. The van der Waals surface area contributed by atoms with Gasteiger partial charge in [-0.05, 0) is 13.0 Å². The first-order chi connectivity index (χ1) is 11.5. The van der Waals surface area contributed by atoms with Crippen LogP contribution in [0.15, 0.2) is 18.5 Å². The number of rotatable bonds is 4. The summed E-state index contributed by atoms with van der Waals surface area (Å²) in [6.07, 6.45) is 3.30. The molecule has 0 unspecified atom stereocenters. The zero-order valence-corrected chi connectivity index (χ0v) is 13.5. The van der Waals surface area contributed by atoms with E-state index in [0.717, 1.165) is 0 Å². The Bertz CT molecular complexity index is 905. The Morgan fingerprint density at radius 2 is 2.12 bits per heavy atom. The molecule has 0 radical (unpaired) electrons. The number of fused-ring (bicyclic) bond motifs is 1. The fraction of sp³-hybridized carbons (Fsp3) is 0.286. The second-order valence-corrected chi connectivity index (χ2v) is 5.23. The second-order valence-electron chi connectivity index (χ2n) is 5.23. The first-order valence-electron chi connectivity index (χ1n) is 7.10. The Labute approximate surface area is 137 Å². The summed E-state index contributed by atoms with van der Waals surface area (Å²) in [4.78, 5) is 30.4. The minimum atomic E-state index is -0.549. The Kier molecular flexibility index (Phi) is 3.94. The van der Waals surface area contributed by atoms with Crippen LogP contribution in [0.1, 0.15) is 21.9 Å². The van der Waals surface area contributed by atoms with Crippen LogP contribution in [0.3, 0.4) is 0 Å². The van der Waals surface area contributed by atoms with Crippen LogP contribution < -0.4 is 10.6 Å². The van der Waals surface area contributed by atoms with Gasteiger partial charge >= 0.3 is 5.97 Å². The summed E-state index contributed by atoms with van der Waals surface area (Å²) < 4.78 is 6.82. The van der Waals surface area contributed by atoms with Gasteiger partial charge in [-0.15, -0.1) is 0 Å². The smallest absolute Gasteiger partial charge is 0.344 e. The lowest BCUT2D eigenvalue weighted by Gasteiger charge is -2.11. The molecule has 3 aromatic heterocycles. The van der Waals surface area contributed by atoms with Crippen LogP contribution >= 0.6 is 0 Å². The van der Waals surface area contributed by atoms with Crippen molar-refractivity contribution in [2.75, 3.05) is 24.7 Å². The Morgan fingerprint density at radius 1 is 1.33 bits per heavy atom. The number of ether oxygens (including phenoxy) is 1. The van der Waals surface area contributed by atoms with Gasteiger partial charge in [0.25, 0.3) is 0 Å². The molecule has 0 aliphatic rings. The highest BCUT2D eigenvalue weighted by Crippen LogP contribution is 2.15. The van der Waals surface area contributed by atoms with Gasteiger partial charge in [0.1, 0.15) is 5.56 Å². The molecule has 0 saturated heterocycles. The summed E-state index contributed by atoms with van der Waals surface area (Å²) in [6.45, 7) is 1.59. The number of hydrogen-bond donors (Lipinski definition) is 1. The van der Waals surface area contributed by atoms with Crippen molar-refractivity contribution in [1.29, 1.82) is 0 Å². The van der Waals surface area contributed by atoms with Crippen LogP contribution in [-0.2, 0) is 11.3 Å². The number of nitrogens with zero attached hydrogens (tertiary/aromatic N) is 7. The number of nitrogens with two attached hydrogens (primary N) is 1. The van der Waals surface area contributed by atoms with E-state index < -0.39 is 5.97 Å². The molecule has 0 amide bonds. The molecule has 124 valence electrons. The van der Waals surface area contributed by atoms with E-state index in [2.05, 4.69) is 25.0 Å². The lowest BCUT2D eigenvalue weighted by molar-refractivity contribution is 0.0463. The number of esters is 1. The van der Waals surface area contributed by atoms with Crippen molar-refractivity contribution >= 4 is 23.5 Å². The summed E-state index contributed by atoms with van der Waals surface area (Å²) in [5.41, 5.74) is 6.92. The maximum Gasteiger partial charge on any atom is 0.344 e. The molecule has 0 saturated carbocycles. The zero-order valence-electron chi connectivity index (χ0n) is 13.5. The standard InChI is InChI=1S/C14H16N8O2/c1-8-10(11-16-5-4-6-22(11)20-8)12(23)24-7-9-17-13(15)19-14(18-9)21(2)3/h4-6H,7H2,1-3H3,(H2,15,17,18,19). The number of anilines is 2. The Morgan fingerprint density at radius 3 is 2.88 bits per heavy atom. The van der Waals surface area contributed by atoms with Crippen molar-refractivity contribution in [3.8, 4) is 0 Å². The summed E-state index contributed by atoms with van der Waals surface area (Å²) in [7, 11) is 3.55. The van der Waals surface area contributed by atoms with E-state index in [1.54, 1.807) is 44.4 Å². The minimum Gasteiger partial charge on any atom is -0.454 e. The normalized spacial score (nSPS) is 10.8. The van der Waals surface area contributed by atoms with E-state index in [0.29, 0.717) is 22.9 Å². The predicted octanol–water partition coefficient (Wildman–Crippen LogP) is 0.228. The maximum atomic E-state index is 12.4. The number of hydrogen-bond acceptors (Lipinski definition) is 9. The third-order valence-corrected chi connectivity index (χ3v) is 3.19. The van der Waals surface area contributed by atoms with Crippen molar-refractivity contribution in [3.05, 3.63) is 35.5 Å². The molecule has 10 nitrogen and oxygen atoms in total. The molecule has 3 heterocycles. The number of carbonyl (C=O) groups is 1. The first-order valence-corrected chi connectivity index (χ1v) is 7.10. The van der Waals surface area contributed by atoms with Gasteiger partial charge in [0.15, 0.2) is 18.1 Å². The SMILES string of the molecule is Cc1nn2cccnc2c1C(=O)OCc1nc(N)nc(N(C)C)n1. The first kappa shape index (κ1) is 15.6. The van der Waals surface area contributed by atoms with Crippen LogP contribution in [0.4, 0.5) is 11.9 Å². The van der Waals surface area contributed by atoms with Gasteiger partial charge in [0.2, 0.25) is 11.9 Å². The molecule has 0 aliphatic heterocycles. The molecule has 0 aliphatic carbocycles. The van der Waals surface area contributed by atoms with Crippen molar-refractivity contribution < 1.29 is 9.53 Å². The van der Waals surface area contributed by atoms with Crippen molar-refractivity contribution in [1.82, 2.24) is 29.5 Å². The van der Waals surface area contributed by atoms with Crippen molar-refractivity contribution in [3.63, 3.8) is 0 Å². The summed E-state index contributed by atoms with van der Waals surface area (Å²) in [5.74, 6) is 0.171. The third kappa shape index (κ3) is 2.93. The van der Waals surface area contributed by atoms with E-state index in [-0.39, 0.29) is 18.4 Å². The van der Waals surface area contributed by atoms with Crippen LogP contribution in [0.2, 0.25) is 0 Å². The lowest BCUT2D eigenvalue weighted by Crippen LogP contribution is -2.17. The number of carbonyl (C=O) groups excluding carboxylic acids is 1. The van der Waals surface area contributed by atoms with E-state index in [4.69, 9.17) is 10.5 Å². The van der Waals surface area contributed by atoms with E-state index in [1.165, 1.54) is 4.52 Å². The molecule has 10 heteroatoms.